The molecule has 1 atom stereocenters. The molecule has 144 valence electrons. The van der Waals surface area contributed by atoms with Crippen LogP contribution in [0.15, 0.2) is 54.6 Å². The monoisotopic (exact) mass is 384 g/mol. The van der Waals surface area contributed by atoms with Crippen molar-refractivity contribution in [3.05, 3.63) is 71.8 Å². The first-order valence-electron chi connectivity index (χ1n) is 10.1. The number of hydrogen-bond donors (Lipinski definition) is 1. The molecule has 0 amide bonds. The number of nitrogens with zero attached hydrogens (tertiary/aromatic N) is 1. The molecular weight excluding hydrogens is 351 g/mol. The van der Waals surface area contributed by atoms with Gasteiger partial charge < -0.3 is 9.88 Å². The Morgan fingerprint density at radius 2 is 1.57 bits per heavy atom. The third kappa shape index (κ3) is 4.49. The number of anilines is 1. The van der Waals surface area contributed by atoms with Crippen molar-refractivity contribution in [2.45, 2.75) is 57.8 Å². The second kappa shape index (κ2) is 9.05. The first-order chi connectivity index (χ1) is 12.8. The fraction of sp³-hybridized carbons (Fsp3) is 0.417. The molecule has 0 aliphatic heterocycles. The minimum absolute atomic E-state index is 0. The van der Waals surface area contributed by atoms with E-state index in [0.29, 0.717) is 5.54 Å². The van der Waals surface area contributed by atoms with Gasteiger partial charge in [-0.25, -0.2) is 6.08 Å². The summed E-state index contributed by atoms with van der Waals surface area (Å²) in [6.45, 7) is 11.9. The van der Waals surface area contributed by atoms with Crippen LogP contribution in [0.4, 0.5) is 5.69 Å². The zero-order chi connectivity index (χ0) is 19.7. The molecule has 2 aromatic rings. The quantitative estimate of drug-likeness (QED) is 0.583. The Bertz CT molecular complexity index is 812. The molecule has 0 saturated heterocycles. The van der Waals surface area contributed by atoms with Gasteiger partial charge in [-0.3, -0.25) is 0 Å². The molecule has 0 fully saturated rings. The first kappa shape index (κ1) is 23.0. The average Bonchev–Trinajstić information content (AvgIpc) is 3.08. The van der Waals surface area contributed by atoms with Gasteiger partial charge in [0.05, 0.1) is 0 Å². The molecule has 1 aliphatic carbocycles. The summed E-state index contributed by atoms with van der Waals surface area (Å²) in [5.74, 6) is 0. The van der Waals surface area contributed by atoms with Gasteiger partial charge in [0.15, 0.2) is 0 Å². The molecule has 2 aromatic carbocycles. The number of benzene rings is 2. The summed E-state index contributed by atoms with van der Waals surface area (Å²) in [5.41, 5.74) is 5.71. The molecule has 4 heteroatoms. The Kier molecular flexibility index (Phi) is 7.45. The van der Waals surface area contributed by atoms with Gasteiger partial charge in [0, 0.05) is 18.3 Å². The van der Waals surface area contributed by atoms with E-state index in [4.69, 9.17) is 0 Å². The number of rotatable bonds is 7. The van der Waals surface area contributed by atoms with Gasteiger partial charge in [-0.2, -0.15) is 5.56 Å². The summed E-state index contributed by atoms with van der Waals surface area (Å²) in [7, 11) is 0.358. The molecule has 0 saturated carbocycles. The predicted molar refractivity (Wildman–Crippen MR) is 120 cm³/mol. The topological polar surface area (TPSA) is 15.3 Å². The largest absolute Gasteiger partial charge is 1.00 e. The van der Waals surface area contributed by atoms with Gasteiger partial charge in [-0.15, -0.1) is 17.3 Å². The van der Waals surface area contributed by atoms with Crippen molar-refractivity contribution in [1.82, 2.24) is 4.98 Å². The summed E-state index contributed by atoms with van der Waals surface area (Å²) in [4.78, 5) is 6.38. The summed E-state index contributed by atoms with van der Waals surface area (Å²) in [6, 6.07) is 19.4. The van der Waals surface area contributed by atoms with Crippen LogP contribution in [-0.4, -0.2) is 20.8 Å². The molecule has 0 aromatic heterocycles. The van der Waals surface area contributed by atoms with Gasteiger partial charge in [-0.1, -0.05) is 68.9 Å². The Morgan fingerprint density at radius 3 is 2.18 bits per heavy atom. The normalized spacial score (nSPS) is 16.2. The van der Waals surface area contributed by atoms with E-state index in [1.807, 2.05) is 0 Å². The van der Waals surface area contributed by atoms with E-state index in [1.165, 1.54) is 22.5 Å². The number of nitrogens with one attached hydrogen (secondary N) is 1. The molecule has 0 heterocycles. The van der Waals surface area contributed by atoms with Crippen LogP contribution in [0.2, 0.25) is 13.1 Å². The zero-order valence-electron chi connectivity index (χ0n) is 18.6. The van der Waals surface area contributed by atoms with Crippen LogP contribution in [0.3, 0.4) is 0 Å². The van der Waals surface area contributed by atoms with Crippen molar-refractivity contribution < 1.29 is 18.9 Å². The van der Waals surface area contributed by atoms with Crippen LogP contribution in [0.25, 0.3) is 5.70 Å². The Labute approximate surface area is 184 Å². The summed E-state index contributed by atoms with van der Waals surface area (Å²) < 4.78 is 0. The number of fused-ring (bicyclic) bond motifs is 1. The van der Waals surface area contributed by atoms with Crippen LogP contribution in [0, 0.1) is 6.08 Å². The molecule has 3 rings (SSSR count). The minimum atomic E-state index is -1.80. The van der Waals surface area contributed by atoms with Crippen molar-refractivity contribution in [3.63, 3.8) is 0 Å². The average molecular weight is 385 g/mol. The molecule has 1 unspecified atom stereocenters. The maximum Gasteiger partial charge on any atom is 1.00 e. The van der Waals surface area contributed by atoms with Gasteiger partial charge in [0.1, 0.15) is 8.24 Å². The molecule has 1 aliphatic rings. The van der Waals surface area contributed by atoms with Crippen LogP contribution in [0.1, 0.15) is 50.3 Å². The smallest absolute Gasteiger partial charge is 0.379 e. The second-order valence-electron chi connectivity index (χ2n) is 8.52. The van der Waals surface area contributed by atoms with Crippen LogP contribution in [0.5, 0.6) is 0 Å². The van der Waals surface area contributed by atoms with Gasteiger partial charge >= 0.3 is 18.9 Å². The first-order valence-corrected chi connectivity index (χ1v) is 13.2. The molecule has 28 heavy (non-hydrogen) atoms. The standard InChI is InChI=1S/C24H33N2Si.Li/c1-7-24(3,8-2)25-27(5,6)23-18-22(20-16-12-13-17-21(20)23)26(4)19-14-10-9-11-15-19;/h9-17,23,25H,7-8H2,1-6H3;/q-1;+1. The zero-order valence-corrected chi connectivity index (χ0v) is 19.6. The van der Waals surface area contributed by atoms with Crippen molar-refractivity contribution in [3.8, 4) is 0 Å². The third-order valence-electron chi connectivity index (χ3n) is 6.19. The third-order valence-corrected chi connectivity index (χ3v) is 9.34. The van der Waals surface area contributed by atoms with E-state index in [-0.39, 0.29) is 24.4 Å². The SMILES string of the molecule is CCC(C)(CC)N[Si](C)(C)C1[C-]=C(N(C)c2ccccc2)c2ccccc21.[Li+]. The van der Waals surface area contributed by atoms with Crippen molar-refractivity contribution in [1.29, 1.82) is 0 Å². The number of allylic oxidation sites excluding steroid dienone is 1. The molecule has 0 radical (unpaired) electrons. The van der Waals surface area contributed by atoms with Gasteiger partial charge in [-0.05, 0) is 31.9 Å². The molecule has 1 N–H and O–H groups in total. The maximum absolute atomic E-state index is 4.10. The number of para-hydroxylation sites is 1. The molecular formula is C24H33LiN2Si. The second-order valence-corrected chi connectivity index (χ2v) is 12.8. The van der Waals surface area contributed by atoms with E-state index in [1.54, 1.807) is 0 Å². The van der Waals surface area contributed by atoms with Gasteiger partial charge in [0.2, 0.25) is 0 Å². The Morgan fingerprint density at radius 1 is 1.00 bits per heavy atom. The Balaban J connectivity index is 0.00000280. The van der Waals surface area contributed by atoms with Crippen molar-refractivity contribution in [2.24, 2.45) is 0 Å². The minimum Gasteiger partial charge on any atom is -0.379 e. The molecule has 2 nitrogen and oxygen atoms in total. The van der Waals surface area contributed by atoms with E-state index in [2.05, 4.69) is 111 Å². The van der Waals surface area contributed by atoms with E-state index >= 15 is 0 Å². The van der Waals surface area contributed by atoms with E-state index < -0.39 is 8.24 Å². The summed E-state index contributed by atoms with van der Waals surface area (Å²) in [6.07, 6.45) is 6.20. The van der Waals surface area contributed by atoms with Crippen LogP contribution in [-0.2, 0) is 0 Å². The van der Waals surface area contributed by atoms with E-state index in [0.717, 1.165) is 12.8 Å². The van der Waals surface area contributed by atoms with Crippen molar-refractivity contribution >= 4 is 19.6 Å². The summed E-state index contributed by atoms with van der Waals surface area (Å²) in [5, 5.41) is 0. The van der Waals surface area contributed by atoms with Crippen LogP contribution >= 0.6 is 0 Å². The maximum atomic E-state index is 4.10. The van der Waals surface area contributed by atoms with E-state index in [9.17, 15) is 0 Å². The molecule has 0 spiro atoms. The fourth-order valence-electron chi connectivity index (χ4n) is 4.16. The van der Waals surface area contributed by atoms with Gasteiger partial charge in [0.25, 0.3) is 0 Å². The van der Waals surface area contributed by atoms with Crippen molar-refractivity contribution in [2.75, 3.05) is 11.9 Å². The Hall–Kier alpha value is -1.25. The predicted octanol–water partition coefficient (Wildman–Crippen LogP) is 2.98. The summed E-state index contributed by atoms with van der Waals surface area (Å²) >= 11 is 0. The molecule has 0 bridgehead atoms. The number of hydrogen-bond acceptors (Lipinski definition) is 2. The van der Waals surface area contributed by atoms with Crippen LogP contribution < -0.4 is 28.7 Å². The fourth-order valence-corrected chi connectivity index (χ4v) is 7.74.